The van der Waals surface area contributed by atoms with Crippen LogP contribution in [0.4, 0.5) is 5.69 Å². The van der Waals surface area contributed by atoms with Crippen molar-refractivity contribution in [2.24, 2.45) is 10.9 Å². The number of hydrogen-bond acceptors (Lipinski definition) is 3. The van der Waals surface area contributed by atoms with Crippen LogP contribution in [0.5, 0.6) is 5.75 Å². The van der Waals surface area contributed by atoms with E-state index in [1.165, 1.54) is 12.1 Å². The molecule has 1 aromatic carbocycles. The average Bonchev–Trinajstić information content (AvgIpc) is 3.04. The molecular weight excluding hydrogens is 276 g/mol. The third-order valence-electron chi connectivity index (χ3n) is 4.03. The highest BCUT2D eigenvalue weighted by molar-refractivity contribution is 5.79. The highest BCUT2D eigenvalue weighted by Gasteiger charge is 2.23. The van der Waals surface area contributed by atoms with Crippen LogP contribution in [0.1, 0.15) is 19.8 Å². The fraction of sp³-hybridized carbons (Fsp3) is 0.588. The summed E-state index contributed by atoms with van der Waals surface area (Å²) < 4.78 is 5.31. The molecule has 1 saturated heterocycles. The Labute approximate surface area is 133 Å². The van der Waals surface area contributed by atoms with Crippen molar-refractivity contribution < 1.29 is 4.74 Å². The van der Waals surface area contributed by atoms with Crippen molar-refractivity contribution in [3.05, 3.63) is 24.3 Å². The van der Waals surface area contributed by atoms with E-state index in [1.807, 2.05) is 13.1 Å². The fourth-order valence-electron chi connectivity index (χ4n) is 2.75. The summed E-state index contributed by atoms with van der Waals surface area (Å²) in [5, 5.41) is 6.74. The number of rotatable bonds is 6. The van der Waals surface area contributed by atoms with E-state index >= 15 is 0 Å². The molecule has 0 saturated carbocycles. The predicted molar refractivity (Wildman–Crippen MR) is 93.0 cm³/mol. The van der Waals surface area contributed by atoms with Gasteiger partial charge in [-0.15, -0.1) is 0 Å². The van der Waals surface area contributed by atoms with Gasteiger partial charge in [0.1, 0.15) is 5.75 Å². The highest BCUT2D eigenvalue weighted by Crippen LogP contribution is 2.26. The first-order valence-corrected chi connectivity index (χ1v) is 8.10. The van der Waals surface area contributed by atoms with Gasteiger partial charge in [0.2, 0.25) is 0 Å². The first-order chi connectivity index (χ1) is 10.8. The zero-order chi connectivity index (χ0) is 15.8. The molecule has 0 bridgehead atoms. The summed E-state index contributed by atoms with van der Waals surface area (Å²) in [6, 6.07) is 8.30. The number of anilines is 1. The van der Waals surface area contributed by atoms with Crippen molar-refractivity contribution in [2.45, 2.75) is 19.8 Å². The lowest BCUT2D eigenvalue weighted by Crippen LogP contribution is -2.40. The molecular formula is C17H28N4O. The summed E-state index contributed by atoms with van der Waals surface area (Å²) in [6.45, 7) is 6.25. The van der Waals surface area contributed by atoms with Crippen LogP contribution in [0.2, 0.25) is 0 Å². The number of nitrogens with zero attached hydrogens (tertiary/aromatic N) is 2. The molecule has 1 aliphatic heterocycles. The molecule has 2 N–H and O–H groups in total. The van der Waals surface area contributed by atoms with Crippen LogP contribution in [-0.2, 0) is 0 Å². The summed E-state index contributed by atoms with van der Waals surface area (Å²) in [6.07, 6.45) is 2.31. The molecule has 2 rings (SSSR count). The molecule has 0 amide bonds. The van der Waals surface area contributed by atoms with E-state index in [1.54, 1.807) is 7.11 Å². The van der Waals surface area contributed by atoms with Crippen molar-refractivity contribution in [3.63, 3.8) is 0 Å². The van der Waals surface area contributed by atoms with E-state index in [2.05, 4.69) is 45.6 Å². The number of nitrogens with one attached hydrogen (secondary N) is 2. The van der Waals surface area contributed by atoms with Crippen molar-refractivity contribution in [1.82, 2.24) is 10.6 Å². The Morgan fingerprint density at radius 3 is 3.00 bits per heavy atom. The van der Waals surface area contributed by atoms with Gasteiger partial charge in [-0.25, -0.2) is 0 Å². The minimum atomic E-state index is 0.645. The van der Waals surface area contributed by atoms with Gasteiger partial charge in [-0.1, -0.05) is 13.0 Å². The minimum Gasteiger partial charge on any atom is -0.497 e. The first-order valence-electron chi connectivity index (χ1n) is 8.10. The quantitative estimate of drug-likeness (QED) is 0.624. The average molecular weight is 304 g/mol. The van der Waals surface area contributed by atoms with Crippen molar-refractivity contribution in [1.29, 1.82) is 0 Å². The van der Waals surface area contributed by atoms with Crippen molar-refractivity contribution in [3.8, 4) is 5.75 Å². The monoisotopic (exact) mass is 304 g/mol. The van der Waals surface area contributed by atoms with Crippen LogP contribution in [-0.4, -0.2) is 46.3 Å². The maximum atomic E-state index is 5.31. The number of aliphatic imine (C=N–C) groups is 1. The summed E-state index contributed by atoms with van der Waals surface area (Å²) in [4.78, 5) is 6.68. The normalized spacial score (nSPS) is 18.4. The van der Waals surface area contributed by atoms with Gasteiger partial charge >= 0.3 is 0 Å². The maximum absolute atomic E-state index is 5.31. The standard InChI is InChI=1S/C17H28N4O/c1-4-9-19-17(18-2)20-12-14-8-10-21(13-14)15-6-5-7-16(11-15)22-3/h5-7,11,14H,4,8-10,12-13H2,1-3H3,(H2,18,19,20). The molecule has 0 spiro atoms. The summed E-state index contributed by atoms with van der Waals surface area (Å²) in [7, 11) is 3.53. The highest BCUT2D eigenvalue weighted by atomic mass is 16.5. The van der Waals surface area contributed by atoms with E-state index in [9.17, 15) is 0 Å². The molecule has 1 fully saturated rings. The zero-order valence-electron chi connectivity index (χ0n) is 13.9. The Morgan fingerprint density at radius 1 is 1.41 bits per heavy atom. The van der Waals surface area contributed by atoms with Crippen LogP contribution >= 0.6 is 0 Å². The molecule has 122 valence electrons. The topological polar surface area (TPSA) is 48.9 Å². The smallest absolute Gasteiger partial charge is 0.190 e. The molecule has 5 nitrogen and oxygen atoms in total. The van der Waals surface area contributed by atoms with Crippen molar-refractivity contribution in [2.75, 3.05) is 45.2 Å². The van der Waals surface area contributed by atoms with Gasteiger partial charge < -0.3 is 20.3 Å². The second-order valence-corrected chi connectivity index (χ2v) is 5.68. The number of benzene rings is 1. The van der Waals surface area contributed by atoms with Gasteiger partial charge in [0.25, 0.3) is 0 Å². The predicted octanol–water partition coefficient (Wildman–Crippen LogP) is 2.10. The molecule has 0 radical (unpaired) electrons. The Morgan fingerprint density at radius 2 is 2.27 bits per heavy atom. The van der Waals surface area contributed by atoms with E-state index in [4.69, 9.17) is 4.74 Å². The van der Waals surface area contributed by atoms with Gasteiger partial charge in [-0.05, 0) is 30.9 Å². The van der Waals surface area contributed by atoms with Gasteiger partial charge in [0.05, 0.1) is 7.11 Å². The maximum Gasteiger partial charge on any atom is 0.190 e. The molecule has 1 atom stereocenters. The number of methoxy groups -OCH3 is 1. The van der Waals surface area contributed by atoms with Crippen LogP contribution in [0.3, 0.4) is 0 Å². The lowest BCUT2D eigenvalue weighted by molar-refractivity contribution is 0.415. The van der Waals surface area contributed by atoms with Crippen LogP contribution in [0.25, 0.3) is 0 Å². The molecule has 1 aliphatic rings. The van der Waals surface area contributed by atoms with Crippen LogP contribution in [0, 0.1) is 5.92 Å². The summed E-state index contributed by atoms with van der Waals surface area (Å²) >= 11 is 0. The second kappa shape index (κ2) is 8.51. The van der Waals surface area contributed by atoms with Gasteiger partial charge in [-0.2, -0.15) is 0 Å². The SMILES string of the molecule is CCCNC(=NC)NCC1CCN(c2cccc(OC)c2)C1. The van der Waals surface area contributed by atoms with Gasteiger partial charge in [0.15, 0.2) is 5.96 Å². The van der Waals surface area contributed by atoms with Crippen LogP contribution in [0.15, 0.2) is 29.3 Å². The molecule has 0 aliphatic carbocycles. The minimum absolute atomic E-state index is 0.645. The molecule has 1 aromatic rings. The zero-order valence-corrected chi connectivity index (χ0v) is 13.9. The molecule has 0 aromatic heterocycles. The number of ether oxygens (including phenoxy) is 1. The van der Waals surface area contributed by atoms with Gasteiger partial charge in [0, 0.05) is 45.0 Å². The van der Waals surface area contributed by atoms with E-state index in [-0.39, 0.29) is 0 Å². The molecule has 22 heavy (non-hydrogen) atoms. The lowest BCUT2D eigenvalue weighted by atomic mass is 10.1. The Hall–Kier alpha value is -1.91. The molecule has 1 heterocycles. The first kappa shape index (κ1) is 16.5. The number of hydrogen-bond donors (Lipinski definition) is 2. The Bertz CT molecular complexity index is 489. The largest absolute Gasteiger partial charge is 0.497 e. The Kier molecular flexibility index (Phi) is 6.37. The molecule has 1 unspecified atom stereocenters. The third kappa shape index (κ3) is 4.55. The summed E-state index contributed by atoms with van der Waals surface area (Å²) in [5.74, 6) is 2.47. The van der Waals surface area contributed by atoms with Crippen LogP contribution < -0.4 is 20.3 Å². The third-order valence-corrected chi connectivity index (χ3v) is 4.03. The molecule has 5 heteroatoms. The van der Waals surface area contributed by atoms with E-state index in [0.717, 1.165) is 44.3 Å². The fourth-order valence-corrected chi connectivity index (χ4v) is 2.75. The van der Waals surface area contributed by atoms with E-state index in [0.29, 0.717) is 5.92 Å². The Balaban J connectivity index is 1.82. The second-order valence-electron chi connectivity index (χ2n) is 5.68. The van der Waals surface area contributed by atoms with Crippen molar-refractivity contribution >= 4 is 11.6 Å². The summed E-state index contributed by atoms with van der Waals surface area (Å²) in [5.41, 5.74) is 1.25. The number of guanidine groups is 1. The van der Waals surface area contributed by atoms with Gasteiger partial charge in [-0.3, -0.25) is 4.99 Å². The lowest BCUT2D eigenvalue weighted by Gasteiger charge is -2.20. The van der Waals surface area contributed by atoms with E-state index < -0.39 is 0 Å².